The number of ether oxygens (including phenoxy) is 1. The zero-order chi connectivity index (χ0) is 15.1. The highest BCUT2D eigenvalue weighted by molar-refractivity contribution is 9.10. The van der Waals surface area contributed by atoms with Crippen molar-refractivity contribution in [2.75, 3.05) is 13.2 Å². The second-order valence-electron chi connectivity index (χ2n) is 4.91. The Morgan fingerprint density at radius 3 is 2.50 bits per heavy atom. The van der Waals surface area contributed by atoms with Crippen LogP contribution < -0.4 is 5.32 Å². The van der Waals surface area contributed by atoms with Crippen LogP contribution in [-0.2, 0) is 24.1 Å². The zero-order valence-electron chi connectivity index (χ0n) is 13.4. The third-order valence-corrected chi connectivity index (χ3v) is 4.49. The first kappa shape index (κ1) is 17.7. The normalized spacial score (nSPS) is 14.5. The van der Waals surface area contributed by atoms with Crippen LogP contribution in [0.15, 0.2) is 4.47 Å². The van der Waals surface area contributed by atoms with Crippen LogP contribution in [-0.4, -0.2) is 35.1 Å². The van der Waals surface area contributed by atoms with E-state index in [2.05, 4.69) is 58.7 Å². The van der Waals surface area contributed by atoms with Crippen molar-refractivity contribution in [2.24, 2.45) is 0 Å². The molecular formula is C15H28BrN3O. The van der Waals surface area contributed by atoms with Crippen LogP contribution in [0.5, 0.6) is 0 Å². The first-order valence-corrected chi connectivity index (χ1v) is 8.47. The van der Waals surface area contributed by atoms with Crippen molar-refractivity contribution in [1.82, 2.24) is 15.1 Å². The molecule has 5 heteroatoms. The summed E-state index contributed by atoms with van der Waals surface area (Å²) < 4.78 is 9.03. The molecule has 20 heavy (non-hydrogen) atoms. The fourth-order valence-electron chi connectivity index (χ4n) is 2.47. The number of rotatable bonds is 9. The molecule has 116 valence electrons. The number of nitrogens with zero attached hydrogens (tertiary/aromatic N) is 2. The highest BCUT2D eigenvalue weighted by Crippen LogP contribution is 2.24. The van der Waals surface area contributed by atoms with Crippen molar-refractivity contribution in [3.63, 3.8) is 0 Å². The van der Waals surface area contributed by atoms with E-state index in [4.69, 9.17) is 4.74 Å². The van der Waals surface area contributed by atoms with Crippen molar-refractivity contribution in [3.8, 4) is 0 Å². The molecule has 4 nitrogen and oxygen atoms in total. The smallest absolute Gasteiger partial charge is 0.0766 e. The molecule has 2 atom stereocenters. The Morgan fingerprint density at radius 2 is 2.00 bits per heavy atom. The topological polar surface area (TPSA) is 39.1 Å². The van der Waals surface area contributed by atoms with E-state index in [1.807, 2.05) is 6.92 Å². The van der Waals surface area contributed by atoms with Crippen LogP contribution in [0, 0.1) is 0 Å². The molecule has 0 saturated carbocycles. The number of aryl methyl sites for hydroxylation is 2. The van der Waals surface area contributed by atoms with Crippen LogP contribution in [0.2, 0.25) is 0 Å². The molecule has 0 aromatic carbocycles. The fraction of sp³-hybridized carbons (Fsp3) is 0.800. The van der Waals surface area contributed by atoms with Gasteiger partial charge in [-0.3, -0.25) is 4.68 Å². The maximum absolute atomic E-state index is 5.77. The average Bonchev–Trinajstić information content (AvgIpc) is 2.74. The Kier molecular flexibility index (Phi) is 7.77. The lowest BCUT2D eigenvalue weighted by Crippen LogP contribution is -2.42. The third kappa shape index (κ3) is 4.30. The van der Waals surface area contributed by atoms with Crippen molar-refractivity contribution < 1.29 is 4.74 Å². The lowest BCUT2D eigenvalue weighted by Gasteiger charge is -2.25. The molecule has 1 rings (SSSR count). The maximum Gasteiger partial charge on any atom is 0.0766 e. The minimum absolute atomic E-state index is 0.192. The minimum Gasteiger partial charge on any atom is -0.377 e. The van der Waals surface area contributed by atoms with Gasteiger partial charge in [0.05, 0.1) is 22.0 Å². The molecule has 0 fully saturated rings. The molecule has 0 bridgehead atoms. The summed E-state index contributed by atoms with van der Waals surface area (Å²) in [6.07, 6.45) is 2.07. The van der Waals surface area contributed by atoms with E-state index in [1.54, 1.807) is 0 Å². The Morgan fingerprint density at radius 1 is 1.30 bits per heavy atom. The molecule has 0 saturated heterocycles. The van der Waals surface area contributed by atoms with E-state index in [0.29, 0.717) is 6.04 Å². The largest absolute Gasteiger partial charge is 0.377 e. The molecule has 0 spiro atoms. The van der Waals surface area contributed by atoms with Crippen LogP contribution in [0.1, 0.15) is 46.0 Å². The van der Waals surface area contributed by atoms with E-state index in [-0.39, 0.29) is 6.10 Å². The summed E-state index contributed by atoms with van der Waals surface area (Å²) >= 11 is 3.72. The Hall–Kier alpha value is -0.390. The van der Waals surface area contributed by atoms with Gasteiger partial charge in [-0.25, -0.2) is 0 Å². The zero-order valence-corrected chi connectivity index (χ0v) is 15.0. The second kappa shape index (κ2) is 8.80. The van der Waals surface area contributed by atoms with Gasteiger partial charge in [0.2, 0.25) is 0 Å². The molecule has 1 N–H and O–H groups in total. The Balaban J connectivity index is 2.94. The van der Waals surface area contributed by atoms with Crippen LogP contribution >= 0.6 is 15.9 Å². The monoisotopic (exact) mass is 345 g/mol. The minimum atomic E-state index is 0.192. The average molecular weight is 346 g/mol. The summed E-state index contributed by atoms with van der Waals surface area (Å²) in [4.78, 5) is 0. The standard InChI is InChI=1S/C15H28BrN3O/c1-6-12-15(16)14(19(8-3)18-12)10-13(17-7-2)11(5)20-9-4/h11,13,17H,6-10H2,1-5H3. The number of nitrogens with one attached hydrogen (secondary N) is 1. The molecular weight excluding hydrogens is 318 g/mol. The van der Waals surface area contributed by atoms with E-state index in [0.717, 1.165) is 42.7 Å². The SMILES string of the molecule is CCNC(Cc1c(Br)c(CC)nn1CC)C(C)OCC. The molecule has 1 aromatic heterocycles. The van der Waals surface area contributed by atoms with Gasteiger partial charge in [0, 0.05) is 25.6 Å². The predicted octanol–water partition coefficient (Wildman–Crippen LogP) is 3.17. The van der Waals surface area contributed by atoms with Crippen LogP contribution in [0.4, 0.5) is 0 Å². The number of hydrogen-bond donors (Lipinski definition) is 1. The molecule has 0 radical (unpaired) electrons. The first-order chi connectivity index (χ1) is 9.58. The molecule has 2 unspecified atom stereocenters. The van der Waals surface area contributed by atoms with Crippen LogP contribution in [0.3, 0.4) is 0 Å². The van der Waals surface area contributed by atoms with Gasteiger partial charge in [0.1, 0.15) is 0 Å². The molecule has 0 aliphatic rings. The number of halogens is 1. The fourth-order valence-corrected chi connectivity index (χ4v) is 3.19. The van der Waals surface area contributed by atoms with E-state index in [9.17, 15) is 0 Å². The molecule has 1 heterocycles. The van der Waals surface area contributed by atoms with E-state index >= 15 is 0 Å². The van der Waals surface area contributed by atoms with Gasteiger partial charge in [-0.05, 0) is 49.7 Å². The summed E-state index contributed by atoms with van der Waals surface area (Å²) in [5.41, 5.74) is 2.41. The summed E-state index contributed by atoms with van der Waals surface area (Å²) in [5, 5.41) is 8.20. The van der Waals surface area contributed by atoms with Gasteiger partial charge in [0.15, 0.2) is 0 Å². The Labute approximate surface area is 131 Å². The van der Waals surface area contributed by atoms with Gasteiger partial charge >= 0.3 is 0 Å². The number of aromatic nitrogens is 2. The van der Waals surface area contributed by atoms with Gasteiger partial charge in [0.25, 0.3) is 0 Å². The maximum atomic E-state index is 5.77. The lowest BCUT2D eigenvalue weighted by atomic mass is 10.1. The Bertz CT molecular complexity index is 406. The lowest BCUT2D eigenvalue weighted by molar-refractivity contribution is 0.0475. The van der Waals surface area contributed by atoms with Gasteiger partial charge < -0.3 is 10.1 Å². The molecule has 0 aliphatic heterocycles. The number of hydrogen-bond acceptors (Lipinski definition) is 3. The highest BCUT2D eigenvalue weighted by atomic mass is 79.9. The van der Waals surface area contributed by atoms with Gasteiger partial charge in [-0.15, -0.1) is 0 Å². The summed E-state index contributed by atoms with van der Waals surface area (Å²) in [6, 6.07) is 0.308. The van der Waals surface area contributed by atoms with Crippen molar-refractivity contribution in [3.05, 3.63) is 15.9 Å². The quantitative estimate of drug-likeness (QED) is 0.747. The highest BCUT2D eigenvalue weighted by Gasteiger charge is 2.22. The van der Waals surface area contributed by atoms with Crippen LogP contribution in [0.25, 0.3) is 0 Å². The molecule has 1 aromatic rings. The van der Waals surface area contributed by atoms with Crippen molar-refractivity contribution >= 4 is 15.9 Å². The summed E-state index contributed by atoms with van der Waals surface area (Å²) in [7, 11) is 0. The van der Waals surface area contributed by atoms with Gasteiger partial charge in [-0.2, -0.15) is 5.10 Å². The second-order valence-corrected chi connectivity index (χ2v) is 5.70. The molecule has 0 amide bonds. The summed E-state index contributed by atoms with van der Waals surface area (Å²) in [6.45, 7) is 13.2. The molecule has 0 aliphatic carbocycles. The summed E-state index contributed by atoms with van der Waals surface area (Å²) in [5.74, 6) is 0. The first-order valence-electron chi connectivity index (χ1n) is 7.67. The van der Waals surface area contributed by atoms with E-state index < -0.39 is 0 Å². The van der Waals surface area contributed by atoms with E-state index in [1.165, 1.54) is 5.69 Å². The van der Waals surface area contributed by atoms with Crippen molar-refractivity contribution in [1.29, 1.82) is 0 Å². The predicted molar refractivity (Wildman–Crippen MR) is 87.2 cm³/mol. The third-order valence-electron chi connectivity index (χ3n) is 3.57. The van der Waals surface area contributed by atoms with Gasteiger partial charge in [-0.1, -0.05) is 13.8 Å². The van der Waals surface area contributed by atoms with Crippen molar-refractivity contribution in [2.45, 2.75) is 66.2 Å². The number of likely N-dealkylation sites (N-methyl/N-ethyl adjacent to an activating group) is 1.